The van der Waals surface area contributed by atoms with Gasteiger partial charge in [0.2, 0.25) is 0 Å². The van der Waals surface area contributed by atoms with Crippen molar-refractivity contribution in [2.75, 3.05) is 11.9 Å². The molecule has 0 saturated heterocycles. The molecule has 0 aromatic carbocycles. The highest BCUT2D eigenvalue weighted by Crippen LogP contribution is 2.35. The lowest BCUT2D eigenvalue weighted by Crippen LogP contribution is -2.01. The van der Waals surface area contributed by atoms with Gasteiger partial charge in [-0.25, -0.2) is 4.98 Å². The van der Waals surface area contributed by atoms with Crippen molar-refractivity contribution in [1.29, 1.82) is 0 Å². The van der Waals surface area contributed by atoms with E-state index >= 15 is 0 Å². The molecule has 6 heteroatoms. The summed E-state index contributed by atoms with van der Waals surface area (Å²) in [4.78, 5) is 10.3. The molecule has 3 rings (SSSR count). The summed E-state index contributed by atoms with van der Waals surface area (Å²) in [7, 11) is 0. The Morgan fingerprint density at radius 3 is 2.90 bits per heavy atom. The van der Waals surface area contributed by atoms with Crippen LogP contribution in [0.5, 0.6) is 0 Å². The Morgan fingerprint density at radius 2 is 2.19 bits per heavy atom. The van der Waals surface area contributed by atoms with Crippen molar-refractivity contribution in [3.8, 4) is 0 Å². The van der Waals surface area contributed by atoms with E-state index in [0.717, 1.165) is 34.9 Å². The predicted molar refractivity (Wildman–Crippen MR) is 91.3 cm³/mol. The van der Waals surface area contributed by atoms with Gasteiger partial charge in [-0.3, -0.25) is 4.98 Å². The highest BCUT2D eigenvalue weighted by Gasteiger charge is 2.13. The molecule has 3 N–H and O–H groups in total. The molecule has 0 saturated carbocycles. The number of nitrogens with two attached hydrogens (primary N) is 1. The highest BCUT2D eigenvalue weighted by molar-refractivity contribution is 7.19. The fourth-order valence-corrected chi connectivity index (χ4v) is 4.17. The van der Waals surface area contributed by atoms with Gasteiger partial charge in [0.05, 0.1) is 22.4 Å². The molecule has 21 heavy (non-hydrogen) atoms. The number of anilines is 1. The topological polar surface area (TPSA) is 63.8 Å². The van der Waals surface area contributed by atoms with Crippen molar-refractivity contribution in [2.45, 2.75) is 26.8 Å². The molecule has 0 bridgehead atoms. The lowest BCUT2D eigenvalue weighted by atomic mass is 10.2. The minimum Gasteiger partial charge on any atom is -0.377 e. The van der Waals surface area contributed by atoms with Gasteiger partial charge in [-0.2, -0.15) is 0 Å². The van der Waals surface area contributed by atoms with Crippen molar-refractivity contribution in [3.63, 3.8) is 0 Å². The van der Waals surface area contributed by atoms with Gasteiger partial charge in [-0.05, 0) is 38.4 Å². The minimum atomic E-state index is 0.675. The van der Waals surface area contributed by atoms with Gasteiger partial charge >= 0.3 is 0 Å². The van der Waals surface area contributed by atoms with Gasteiger partial charge < -0.3 is 11.1 Å². The van der Waals surface area contributed by atoms with Crippen molar-refractivity contribution < 1.29 is 0 Å². The number of aromatic nitrogens is 2. The maximum atomic E-state index is 5.71. The van der Waals surface area contributed by atoms with Crippen LogP contribution >= 0.6 is 22.7 Å². The Labute approximate surface area is 132 Å². The van der Waals surface area contributed by atoms with E-state index in [0.29, 0.717) is 6.54 Å². The zero-order valence-corrected chi connectivity index (χ0v) is 13.8. The van der Waals surface area contributed by atoms with E-state index < -0.39 is 0 Å². The van der Waals surface area contributed by atoms with Crippen LogP contribution in [-0.2, 0) is 13.0 Å². The van der Waals surface area contributed by atoms with Gasteiger partial charge in [0.1, 0.15) is 5.01 Å². The smallest absolute Gasteiger partial charge is 0.112 e. The van der Waals surface area contributed by atoms with Crippen LogP contribution in [0, 0.1) is 13.8 Å². The van der Waals surface area contributed by atoms with E-state index in [1.165, 1.54) is 15.1 Å². The van der Waals surface area contributed by atoms with Crippen LogP contribution in [0.1, 0.15) is 21.1 Å². The third-order valence-electron chi connectivity index (χ3n) is 3.38. The summed E-state index contributed by atoms with van der Waals surface area (Å²) >= 11 is 3.46. The Kier molecular flexibility index (Phi) is 4.19. The molecule has 0 fully saturated rings. The number of pyridine rings is 1. The number of aryl methyl sites for hydroxylation is 2. The second-order valence-electron chi connectivity index (χ2n) is 4.96. The summed E-state index contributed by atoms with van der Waals surface area (Å²) in [5.41, 5.74) is 10.2. The molecule has 0 unspecified atom stereocenters. The maximum Gasteiger partial charge on any atom is 0.112 e. The number of hydrogen-bond acceptors (Lipinski definition) is 6. The van der Waals surface area contributed by atoms with Crippen molar-refractivity contribution in [2.24, 2.45) is 5.73 Å². The molecule has 0 spiro atoms. The van der Waals surface area contributed by atoms with E-state index in [1.807, 2.05) is 18.5 Å². The molecule has 0 aliphatic rings. The molecular weight excluding hydrogens is 300 g/mol. The van der Waals surface area contributed by atoms with Gasteiger partial charge in [-0.1, -0.05) is 0 Å². The molecule has 0 aliphatic heterocycles. The zero-order chi connectivity index (χ0) is 14.8. The average molecular weight is 318 g/mol. The summed E-state index contributed by atoms with van der Waals surface area (Å²) in [6.07, 6.45) is 2.75. The van der Waals surface area contributed by atoms with Crippen LogP contribution in [0.4, 0.5) is 5.69 Å². The van der Waals surface area contributed by atoms with E-state index in [2.05, 4.69) is 23.3 Å². The van der Waals surface area contributed by atoms with E-state index in [9.17, 15) is 0 Å². The summed E-state index contributed by atoms with van der Waals surface area (Å²) in [6.45, 7) is 5.60. The van der Waals surface area contributed by atoms with Crippen LogP contribution in [0.3, 0.4) is 0 Å². The number of fused-ring (bicyclic) bond motifs is 1. The molecule has 0 radical (unpaired) electrons. The average Bonchev–Trinajstić information content (AvgIpc) is 3.07. The first kappa shape index (κ1) is 14.4. The normalized spacial score (nSPS) is 11.2. The van der Waals surface area contributed by atoms with Crippen molar-refractivity contribution in [3.05, 3.63) is 38.8 Å². The minimum absolute atomic E-state index is 0.675. The largest absolute Gasteiger partial charge is 0.377 e. The maximum absolute atomic E-state index is 5.71. The molecule has 110 valence electrons. The number of nitrogens with zero attached hydrogens (tertiary/aromatic N) is 2. The van der Waals surface area contributed by atoms with Crippen LogP contribution in [-0.4, -0.2) is 16.5 Å². The Morgan fingerprint density at radius 1 is 1.33 bits per heavy atom. The first-order valence-electron chi connectivity index (χ1n) is 6.91. The zero-order valence-electron chi connectivity index (χ0n) is 12.1. The SMILES string of the molecule is Cc1cc(NCc2nccs2)c2sc(CCN)c(C)c2n1. The van der Waals surface area contributed by atoms with Gasteiger partial charge in [-0.15, -0.1) is 22.7 Å². The molecule has 0 amide bonds. The first-order chi connectivity index (χ1) is 10.2. The monoisotopic (exact) mass is 318 g/mol. The Hall–Kier alpha value is -1.50. The molecule has 3 aromatic heterocycles. The summed E-state index contributed by atoms with van der Waals surface area (Å²) in [5, 5.41) is 6.59. The lowest BCUT2D eigenvalue weighted by Gasteiger charge is -2.07. The number of nitrogens with one attached hydrogen (secondary N) is 1. The molecule has 3 aromatic rings. The first-order valence-corrected chi connectivity index (χ1v) is 8.60. The predicted octanol–water partition coefficient (Wildman–Crippen LogP) is 3.48. The van der Waals surface area contributed by atoms with Crippen LogP contribution in [0.15, 0.2) is 17.6 Å². The van der Waals surface area contributed by atoms with Gasteiger partial charge in [0.25, 0.3) is 0 Å². The summed E-state index contributed by atoms with van der Waals surface area (Å²) in [6, 6.07) is 2.11. The third-order valence-corrected chi connectivity index (χ3v) is 5.54. The highest BCUT2D eigenvalue weighted by atomic mass is 32.1. The number of thiophene rings is 1. The van der Waals surface area contributed by atoms with Crippen LogP contribution in [0.2, 0.25) is 0 Å². The molecule has 4 nitrogen and oxygen atoms in total. The van der Waals surface area contributed by atoms with Crippen LogP contribution < -0.4 is 11.1 Å². The van der Waals surface area contributed by atoms with E-state index in [-0.39, 0.29) is 0 Å². The standard InChI is InChI=1S/C15H18N4S2/c1-9-7-11(18-8-13-17-5-6-20-13)15-14(19-9)10(2)12(21-15)3-4-16/h5-7H,3-4,8,16H2,1-2H3,(H,18,19). The fraction of sp³-hybridized carbons (Fsp3) is 0.333. The number of hydrogen-bond donors (Lipinski definition) is 2. The van der Waals surface area contributed by atoms with E-state index in [1.54, 1.807) is 22.7 Å². The quantitative estimate of drug-likeness (QED) is 0.756. The second-order valence-corrected chi connectivity index (χ2v) is 7.04. The number of rotatable bonds is 5. The van der Waals surface area contributed by atoms with Gasteiger partial charge in [0, 0.05) is 22.1 Å². The van der Waals surface area contributed by atoms with Crippen molar-refractivity contribution in [1.82, 2.24) is 9.97 Å². The van der Waals surface area contributed by atoms with Gasteiger partial charge in [0.15, 0.2) is 0 Å². The Bertz CT molecular complexity index is 747. The molecule has 0 atom stereocenters. The fourth-order valence-electron chi connectivity index (χ4n) is 2.36. The van der Waals surface area contributed by atoms with Crippen LogP contribution in [0.25, 0.3) is 10.2 Å². The Balaban J connectivity index is 1.98. The summed E-state index contributed by atoms with van der Waals surface area (Å²) < 4.78 is 1.22. The lowest BCUT2D eigenvalue weighted by molar-refractivity contribution is 0.980. The molecule has 3 heterocycles. The van der Waals surface area contributed by atoms with Crippen molar-refractivity contribution >= 4 is 38.6 Å². The second kappa shape index (κ2) is 6.09. The third kappa shape index (κ3) is 2.92. The molecular formula is C15H18N4S2. The molecule has 0 aliphatic carbocycles. The van der Waals surface area contributed by atoms with E-state index in [4.69, 9.17) is 10.7 Å². The number of thiazole rings is 1. The summed E-state index contributed by atoms with van der Waals surface area (Å²) in [5.74, 6) is 0.